The van der Waals surface area contributed by atoms with E-state index in [1.807, 2.05) is 54.1 Å². The lowest BCUT2D eigenvalue weighted by molar-refractivity contribution is 0.0942. The van der Waals surface area contributed by atoms with Gasteiger partial charge in [0.2, 0.25) is 0 Å². The molecule has 0 unspecified atom stereocenters. The molecule has 1 aliphatic heterocycles. The molecule has 2 aromatic carbocycles. The molecule has 5 nitrogen and oxygen atoms in total. The van der Waals surface area contributed by atoms with Gasteiger partial charge in [0, 0.05) is 45.3 Å². The van der Waals surface area contributed by atoms with E-state index in [1.54, 1.807) is 7.11 Å². The van der Waals surface area contributed by atoms with Crippen LogP contribution in [0.4, 0.5) is 4.39 Å². The summed E-state index contributed by atoms with van der Waals surface area (Å²) in [6.07, 6.45) is 0.888. The van der Waals surface area contributed by atoms with Crippen LogP contribution in [-0.4, -0.2) is 29.0 Å². The molecule has 1 N–H and O–H groups in total. The van der Waals surface area contributed by atoms with Crippen LogP contribution in [-0.2, 0) is 33.1 Å². The van der Waals surface area contributed by atoms with Gasteiger partial charge in [-0.25, -0.2) is 4.39 Å². The zero-order valence-corrected chi connectivity index (χ0v) is 17.3. The zero-order valence-electron chi connectivity index (χ0n) is 17.3. The lowest BCUT2D eigenvalue weighted by atomic mass is 10.1. The molecular weight excluding hydrogens is 381 g/mol. The minimum atomic E-state index is -0.215. The van der Waals surface area contributed by atoms with E-state index >= 15 is 0 Å². The predicted octanol–water partition coefficient (Wildman–Crippen LogP) is 3.66. The molecule has 0 fully saturated rings. The van der Waals surface area contributed by atoms with Crippen molar-refractivity contribution in [1.82, 2.24) is 14.8 Å². The van der Waals surface area contributed by atoms with Crippen LogP contribution in [0, 0.1) is 5.82 Å². The Kier molecular flexibility index (Phi) is 5.86. The Morgan fingerprint density at radius 1 is 1.10 bits per heavy atom. The van der Waals surface area contributed by atoms with Crippen molar-refractivity contribution in [1.29, 1.82) is 0 Å². The Morgan fingerprint density at radius 3 is 2.50 bits per heavy atom. The number of benzene rings is 2. The summed E-state index contributed by atoms with van der Waals surface area (Å²) < 4.78 is 20.3. The van der Waals surface area contributed by atoms with Crippen molar-refractivity contribution in [3.8, 4) is 5.75 Å². The summed E-state index contributed by atoms with van der Waals surface area (Å²) in [5.41, 5.74) is 5.18. The van der Waals surface area contributed by atoms with Crippen molar-refractivity contribution in [3.63, 3.8) is 0 Å². The van der Waals surface area contributed by atoms with Crippen molar-refractivity contribution in [2.45, 2.75) is 26.1 Å². The molecule has 156 valence electrons. The van der Waals surface area contributed by atoms with Crippen LogP contribution in [0.15, 0.2) is 54.6 Å². The SMILES string of the molecule is COc1ccc(CNC(=O)c2cc3c(n2C)CCN(Cc2ccc(F)cc2)C3)cc1. The Bertz CT molecular complexity index is 1030. The Balaban J connectivity index is 1.40. The highest BCUT2D eigenvalue weighted by molar-refractivity contribution is 5.93. The second kappa shape index (κ2) is 8.71. The van der Waals surface area contributed by atoms with Gasteiger partial charge in [-0.3, -0.25) is 9.69 Å². The standard InChI is InChI=1S/C24H26FN3O2/c1-27-22-11-12-28(15-18-3-7-20(25)8-4-18)16-19(22)13-23(27)24(29)26-14-17-5-9-21(30-2)10-6-17/h3-10,13H,11-12,14-16H2,1-2H3,(H,26,29). The Labute approximate surface area is 176 Å². The summed E-state index contributed by atoms with van der Waals surface area (Å²) in [6.45, 7) is 2.93. The van der Waals surface area contributed by atoms with Crippen LogP contribution in [0.25, 0.3) is 0 Å². The highest BCUT2D eigenvalue weighted by Crippen LogP contribution is 2.24. The zero-order chi connectivity index (χ0) is 21.1. The van der Waals surface area contributed by atoms with Gasteiger partial charge in [0.15, 0.2) is 0 Å². The van der Waals surface area contributed by atoms with Gasteiger partial charge < -0.3 is 14.6 Å². The first-order valence-electron chi connectivity index (χ1n) is 10.1. The van der Waals surface area contributed by atoms with E-state index < -0.39 is 0 Å². The van der Waals surface area contributed by atoms with Crippen LogP contribution in [0.5, 0.6) is 5.75 Å². The molecule has 1 aromatic heterocycles. The van der Waals surface area contributed by atoms with Gasteiger partial charge in [-0.2, -0.15) is 0 Å². The highest BCUT2D eigenvalue weighted by Gasteiger charge is 2.23. The van der Waals surface area contributed by atoms with Crippen molar-refractivity contribution in [3.05, 3.63) is 88.5 Å². The van der Waals surface area contributed by atoms with Crippen LogP contribution >= 0.6 is 0 Å². The molecule has 0 atom stereocenters. The molecule has 1 aliphatic rings. The summed E-state index contributed by atoms with van der Waals surface area (Å²) in [7, 11) is 3.59. The normalized spacial score (nSPS) is 13.7. The monoisotopic (exact) mass is 407 g/mol. The van der Waals surface area contributed by atoms with Gasteiger partial charge in [0.1, 0.15) is 17.3 Å². The van der Waals surface area contributed by atoms with Gasteiger partial charge in [-0.15, -0.1) is 0 Å². The summed E-state index contributed by atoms with van der Waals surface area (Å²) >= 11 is 0. The number of nitrogens with zero attached hydrogens (tertiary/aromatic N) is 2. The fraction of sp³-hybridized carbons (Fsp3) is 0.292. The molecule has 30 heavy (non-hydrogen) atoms. The molecule has 4 rings (SSSR count). The number of methoxy groups -OCH3 is 1. The smallest absolute Gasteiger partial charge is 0.268 e. The van der Waals surface area contributed by atoms with E-state index in [0.717, 1.165) is 42.9 Å². The molecule has 0 spiro atoms. The fourth-order valence-corrected chi connectivity index (χ4v) is 3.97. The third-order valence-electron chi connectivity index (χ3n) is 5.67. The number of halogens is 1. The lowest BCUT2D eigenvalue weighted by Crippen LogP contribution is -2.30. The van der Waals surface area contributed by atoms with Gasteiger partial charge in [0.05, 0.1) is 7.11 Å². The Hall–Kier alpha value is -3.12. The van der Waals surface area contributed by atoms with Gasteiger partial charge >= 0.3 is 0 Å². The molecular formula is C24H26FN3O2. The van der Waals surface area contributed by atoms with Crippen molar-refractivity contribution in [2.75, 3.05) is 13.7 Å². The van der Waals surface area contributed by atoms with Crippen molar-refractivity contribution < 1.29 is 13.9 Å². The van der Waals surface area contributed by atoms with Crippen LogP contribution < -0.4 is 10.1 Å². The quantitative estimate of drug-likeness (QED) is 0.678. The average Bonchev–Trinajstić information content (AvgIpc) is 3.10. The molecule has 2 heterocycles. The van der Waals surface area contributed by atoms with Crippen LogP contribution in [0.1, 0.15) is 32.9 Å². The summed E-state index contributed by atoms with van der Waals surface area (Å²) in [5.74, 6) is 0.506. The summed E-state index contributed by atoms with van der Waals surface area (Å²) in [5, 5.41) is 3.01. The number of hydrogen-bond acceptors (Lipinski definition) is 3. The Morgan fingerprint density at radius 2 is 1.80 bits per heavy atom. The molecule has 1 amide bonds. The van der Waals surface area contributed by atoms with E-state index in [2.05, 4.69) is 10.2 Å². The average molecular weight is 407 g/mol. The molecule has 0 saturated heterocycles. The van der Waals surface area contributed by atoms with Crippen LogP contribution in [0.2, 0.25) is 0 Å². The number of carbonyl (C=O) groups is 1. The first kappa shape index (κ1) is 20.2. The summed E-state index contributed by atoms with van der Waals surface area (Å²) in [4.78, 5) is 15.1. The second-order valence-electron chi connectivity index (χ2n) is 7.68. The van der Waals surface area contributed by atoms with E-state index in [0.29, 0.717) is 12.2 Å². The predicted molar refractivity (Wildman–Crippen MR) is 114 cm³/mol. The van der Waals surface area contributed by atoms with Crippen molar-refractivity contribution >= 4 is 5.91 Å². The van der Waals surface area contributed by atoms with E-state index in [-0.39, 0.29) is 11.7 Å². The second-order valence-corrected chi connectivity index (χ2v) is 7.68. The number of nitrogens with one attached hydrogen (secondary N) is 1. The van der Waals surface area contributed by atoms with E-state index in [9.17, 15) is 9.18 Å². The van der Waals surface area contributed by atoms with E-state index in [4.69, 9.17) is 4.74 Å². The molecule has 0 bridgehead atoms. The van der Waals surface area contributed by atoms with E-state index in [1.165, 1.54) is 23.4 Å². The topological polar surface area (TPSA) is 46.5 Å². The number of fused-ring (bicyclic) bond motifs is 1. The lowest BCUT2D eigenvalue weighted by Gasteiger charge is -2.27. The maximum Gasteiger partial charge on any atom is 0.268 e. The molecule has 0 aliphatic carbocycles. The summed E-state index contributed by atoms with van der Waals surface area (Å²) in [6, 6.07) is 16.3. The first-order chi connectivity index (χ1) is 14.5. The van der Waals surface area contributed by atoms with Crippen molar-refractivity contribution in [2.24, 2.45) is 7.05 Å². The maximum atomic E-state index is 13.1. The number of ether oxygens (including phenoxy) is 1. The third kappa shape index (κ3) is 4.39. The largest absolute Gasteiger partial charge is 0.497 e. The molecule has 3 aromatic rings. The van der Waals surface area contributed by atoms with Gasteiger partial charge in [0.25, 0.3) is 5.91 Å². The van der Waals surface area contributed by atoms with Gasteiger partial charge in [-0.05, 0) is 47.0 Å². The third-order valence-corrected chi connectivity index (χ3v) is 5.67. The molecule has 0 radical (unpaired) electrons. The minimum Gasteiger partial charge on any atom is -0.497 e. The molecule has 0 saturated carbocycles. The number of amides is 1. The number of rotatable bonds is 6. The number of hydrogen-bond donors (Lipinski definition) is 1. The highest BCUT2D eigenvalue weighted by atomic mass is 19.1. The minimum absolute atomic E-state index is 0.0761. The van der Waals surface area contributed by atoms with Gasteiger partial charge in [-0.1, -0.05) is 24.3 Å². The first-order valence-corrected chi connectivity index (χ1v) is 10.1. The van der Waals surface area contributed by atoms with Crippen LogP contribution in [0.3, 0.4) is 0 Å². The number of aromatic nitrogens is 1. The molecule has 6 heteroatoms. The number of carbonyl (C=O) groups excluding carboxylic acids is 1. The maximum absolute atomic E-state index is 13.1. The fourth-order valence-electron chi connectivity index (χ4n) is 3.97.